The van der Waals surface area contributed by atoms with Crippen molar-refractivity contribution in [1.29, 1.82) is 0 Å². The topological polar surface area (TPSA) is 20.3 Å². The Morgan fingerprint density at radius 1 is 0.889 bits per heavy atom. The molecule has 2 nitrogen and oxygen atoms in total. The van der Waals surface area contributed by atoms with Gasteiger partial charge in [-0.05, 0) is 68.2 Å². The number of fused-ring (bicyclic) bond motifs is 1. The first-order chi connectivity index (χ1) is 8.84. The molecule has 1 aliphatic carbocycles. The van der Waals surface area contributed by atoms with Crippen LogP contribution in [0.3, 0.4) is 0 Å². The molecule has 0 saturated carbocycles. The van der Waals surface area contributed by atoms with Crippen molar-refractivity contribution < 1.29 is 4.79 Å². The minimum absolute atomic E-state index is 0.239. The smallest absolute Gasteiger partial charge is 0.253 e. The van der Waals surface area contributed by atoms with Gasteiger partial charge in [-0.3, -0.25) is 4.79 Å². The minimum Gasteiger partial charge on any atom is -0.339 e. The summed E-state index contributed by atoms with van der Waals surface area (Å²) in [5, 5.41) is 0. The lowest BCUT2D eigenvalue weighted by atomic mass is 9.90. The molecule has 0 bridgehead atoms. The molecule has 2 heteroatoms. The molecule has 1 heterocycles. The van der Waals surface area contributed by atoms with Gasteiger partial charge in [0.1, 0.15) is 0 Å². The lowest BCUT2D eigenvalue weighted by molar-refractivity contribution is 0.0724. The van der Waals surface area contributed by atoms with Crippen LogP contribution >= 0.6 is 0 Å². The Labute approximate surface area is 109 Å². The van der Waals surface area contributed by atoms with Crippen LogP contribution in [-0.2, 0) is 12.8 Å². The van der Waals surface area contributed by atoms with Gasteiger partial charge in [-0.2, -0.15) is 0 Å². The quantitative estimate of drug-likeness (QED) is 0.741. The summed E-state index contributed by atoms with van der Waals surface area (Å²) in [5.74, 6) is 0.239. The molecule has 1 aromatic carbocycles. The highest BCUT2D eigenvalue weighted by Gasteiger charge is 2.19. The predicted molar refractivity (Wildman–Crippen MR) is 72.8 cm³/mol. The highest BCUT2D eigenvalue weighted by molar-refractivity contribution is 5.94. The molecule has 18 heavy (non-hydrogen) atoms. The van der Waals surface area contributed by atoms with E-state index in [1.165, 1.54) is 36.8 Å². The Bertz CT molecular complexity index is 446. The Morgan fingerprint density at radius 3 is 2.39 bits per heavy atom. The van der Waals surface area contributed by atoms with Crippen LogP contribution in [-0.4, -0.2) is 23.9 Å². The number of likely N-dealkylation sites (tertiary alicyclic amines) is 1. The van der Waals surface area contributed by atoms with Crippen LogP contribution < -0.4 is 0 Å². The highest BCUT2D eigenvalue weighted by atomic mass is 16.2. The molecule has 1 amide bonds. The third-order valence-corrected chi connectivity index (χ3v) is 4.24. The molecule has 0 unspecified atom stereocenters. The van der Waals surface area contributed by atoms with Crippen molar-refractivity contribution in [2.45, 2.75) is 44.9 Å². The number of carbonyl (C=O) groups excluding carboxylic acids is 1. The van der Waals surface area contributed by atoms with Crippen molar-refractivity contribution in [3.05, 3.63) is 34.9 Å². The summed E-state index contributed by atoms with van der Waals surface area (Å²) in [6.45, 7) is 1.88. The summed E-state index contributed by atoms with van der Waals surface area (Å²) in [4.78, 5) is 14.4. The number of aryl methyl sites for hydroxylation is 2. The van der Waals surface area contributed by atoms with E-state index in [-0.39, 0.29) is 5.91 Å². The van der Waals surface area contributed by atoms with Gasteiger partial charge in [0.15, 0.2) is 0 Å². The monoisotopic (exact) mass is 243 g/mol. The van der Waals surface area contributed by atoms with E-state index in [1.54, 1.807) is 0 Å². The summed E-state index contributed by atoms with van der Waals surface area (Å²) < 4.78 is 0. The molecule has 0 spiro atoms. The van der Waals surface area contributed by atoms with Gasteiger partial charge in [0.25, 0.3) is 5.91 Å². The Kier molecular flexibility index (Phi) is 3.35. The van der Waals surface area contributed by atoms with Crippen LogP contribution in [0.1, 0.15) is 53.6 Å². The number of carbonyl (C=O) groups is 1. The number of amides is 1. The average molecular weight is 243 g/mol. The maximum Gasteiger partial charge on any atom is 0.253 e. The van der Waals surface area contributed by atoms with Crippen molar-refractivity contribution in [2.24, 2.45) is 0 Å². The molecule has 0 N–H and O–H groups in total. The number of rotatable bonds is 1. The molecule has 1 aromatic rings. The summed E-state index contributed by atoms with van der Waals surface area (Å²) in [6, 6.07) is 6.35. The van der Waals surface area contributed by atoms with Crippen molar-refractivity contribution >= 4 is 5.91 Å². The number of benzene rings is 1. The van der Waals surface area contributed by atoms with Gasteiger partial charge in [-0.15, -0.1) is 0 Å². The van der Waals surface area contributed by atoms with Gasteiger partial charge in [-0.1, -0.05) is 6.07 Å². The van der Waals surface area contributed by atoms with Crippen molar-refractivity contribution in [3.63, 3.8) is 0 Å². The highest BCUT2D eigenvalue weighted by Crippen LogP contribution is 2.23. The standard InChI is InChI=1S/C16H21NO/c18-16(17-10-4-1-5-11-17)15-9-8-13-6-2-3-7-14(13)12-15/h8-9,12H,1-7,10-11H2. The van der Waals surface area contributed by atoms with E-state index in [1.807, 2.05) is 11.0 Å². The second-order valence-corrected chi connectivity index (χ2v) is 5.54. The van der Waals surface area contributed by atoms with Crippen LogP contribution in [0.2, 0.25) is 0 Å². The van der Waals surface area contributed by atoms with Crippen molar-refractivity contribution in [2.75, 3.05) is 13.1 Å². The largest absolute Gasteiger partial charge is 0.339 e. The van der Waals surface area contributed by atoms with E-state index in [0.29, 0.717) is 0 Å². The van der Waals surface area contributed by atoms with Gasteiger partial charge < -0.3 is 4.90 Å². The number of piperidine rings is 1. The Balaban J connectivity index is 1.80. The van der Waals surface area contributed by atoms with Crippen LogP contribution in [0.4, 0.5) is 0 Å². The van der Waals surface area contributed by atoms with Gasteiger partial charge in [-0.25, -0.2) is 0 Å². The summed E-state index contributed by atoms with van der Waals surface area (Å²) in [7, 11) is 0. The van der Waals surface area contributed by atoms with Gasteiger partial charge in [0, 0.05) is 18.7 Å². The lowest BCUT2D eigenvalue weighted by Gasteiger charge is -2.27. The molecule has 1 saturated heterocycles. The zero-order chi connectivity index (χ0) is 12.4. The van der Waals surface area contributed by atoms with E-state index in [9.17, 15) is 4.79 Å². The molecule has 1 aliphatic heterocycles. The summed E-state index contributed by atoms with van der Waals surface area (Å²) >= 11 is 0. The van der Waals surface area contributed by atoms with Crippen molar-refractivity contribution in [3.8, 4) is 0 Å². The molecule has 2 aliphatic rings. The molecule has 96 valence electrons. The predicted octanol–water partition coefficient (Wildman–Crippen LogP) is 3.19. The van der Waals surface area contributed by atoms with E-state index < -0.39 is 0 Å². The second-order valence-electron chi connectivity index (χ2n) is 5.54. The summed E-state index contributed by atoms with van der Waals surface area (Å²) in [6.07, 6.45) is 8.51. The fourth-order valence-corrected chi connectivity index (χ4v) is 3.15. The SMILES string of the molecule is O=C(c1ccc2c(c1)CCCC2)N1CCCCC1. The Morgan fingerprint density at radius 2 is 1.61 bits per heavy atom. The first-order valence-electron chi connectivity index (χ1n) is 7.26. The Hall–Kier alpha value is -1.31. The van der Waals surface area contributed by atoms with Crippen LogP contribution in [0.25, 0.3) is 0 Å². The normalized spacial score (nSPS) is 19.4. The van der Waals surface area contributed by atoms with E-state index in [4.69, 9.17) is 0 Å². The number of hydrogen-bond donors (Lipinski definition) is 0. The van der Waals surface area contributed by atoms with Crippen LogP contribution in [0, 0.1) is 0 Å². The van der Waals surface area contributed by atoms with Gasteiger partial charge >= 0.3 is 0 Å². The second kappa shape index (κ2) is 5.13. The molecular weight excluding hydrogens is 222 g/mol. The third kappa shape index (κ3) is 2.29. The lowest BCUT2D eigenvalue weighted by Crippen LogP contribution is -2.35. The van der Waals surface area contributed by atoms with Crippen molar-refractivity contribution in [1.82, 2.24) is 4.90 Å². The van der Waals surface area contributed by atoms with Gasteiger partial charge in [0.2, 0.25) is 0 Å². The molecule has 0 radical (unpaired) electrons. The maximum atomic E-state index is 12.4. The van der Waals surface area contributed by atoms with Crippen LogP contribution in [0.5, 0.6) is 0 Å². The average Bonchev–Trinajstić information content (AvgIpc) is 2.47. The maximum absolute atomic E-state index is 12.4. The van der Waals surface area contributed by atoms with E-state index in [0.717, 1.165) is 37.9 Å². The molecule has 1 fully saturated rings. The minimum atomic E-state index is 0.239. The fourth-order valence-electron chi connectivity index (χ4n) is 3.15. The van der Waals surface area contributed by atoms with Crippen LogP contribution in [0.15, 0.2) is 18.2 Å². The molecule has 0 aromatic heterocycles. The molecule has 3 rings (SSSR count). The first kappa shape index (κ1) is 11.8. The van der Waals surface area contributed by atoms with E-state index in [2.05, 4.69) is 12.1 Å². The zero-order valence-corrected chi connectivity index (χ0v) is 11.0. The first-order valence-corrected chi connectivity index (χ1v) is 7.26. The number of hydrogen-bond acceptors (Lipinski definition) is 1. The number of nitrogens with zero attached hydrogens (tertiary/aromatic N) is 1. The third-order valence-electron chi connectivity index (χ3n) is 4.24. The molecule has 0 atom stereocenters. The summed E-state index contributed by atoms with van der Waals surface area (Å²) in [5.41, 5.74) is 3.76. The van der Waals surface area contributed by atoms with Gasteiger partial charge in [0.05, 0.1) is 0 Å². The fraction of sp³-hybridized carbons (Fsp3) is 0.562. The molecular formula is C16H21NO. The zero-order valence-electron chi connectivity index (χ0n) is 11.0. The van der Waals surface area contributed by atoms with E-state index >= 15 is 0 Å².